The summed E-state index contributed by atoms with van der Waals surface area (Å²) in [5.74, 6) is -0.486. The Labute approximate surface area is 125 Å². The lowest BCUT2D eigenvalue weighted by atomic mass is 10.0. The van der Waals surface area contributed by atoms with Crippen molar-refractivity contribution >= 4 is 12.1 Å². The fraction of sp³-hybridized carbons (Fsp3) is 0.500. The molecular weight excluding hydrogens is 270 g/mol. The molecule has 1 aromatic rings. The molecule has 116 valence electrons. The Hall–Kier alpha value is -2.04. The van der Waals surface area contributed by atoms with Gasteiger partial charge >= 0.3 is 12.1 Å². The maximum Gasteiger partial charge on any atom is 0.413 e. The van der Waals surface area contributed by atoms with Crippen molar-refractivity contribution in [3.8, 4) is 5.75 Å². The van der Waals surface area contributed by atoms with Crippen LogP contribution >= 0.6 is 0 Å². The van der Waals surface area contributed by atoms with E-state index in [0.717, 1.165) is 12.8 Å². The number of hydrogen-bond donors (Lipinski definition) is 2. The first-order chi connectivity index (χ1) is 9.92. The largest absolute Gasteiger partial charge is 0.480 e. The number of amides is 1. The second-order valence-electron chi connectivity index (χ2n) is 5.45. The second-order valence-corrected chi connectivity index (χ2v) is 5.45. The highest BCUT2D eigenvalue weighted by molar-refractivity contribution is 5.80. The summed E-state index contributed by atoms with van der Waals surface area (Å²) in [6, 6.07) is 6.28. The van der Waals surface area contributed by atoms with Crippen LogP contribution < -0.4 is 10.1 Å². The van der Waals surface area contributed by atoms with Gasteiger partial charge in [0.2, 0.25) is 0 Å². The number of carboxylic acids is 1. The molecule has 0 saturated carbocycles. The number of nitrogens with one attached hydrogen (secondary N) is 1. The highest BCUT2D eigenvalue weighted by Gasteiger charge is 2.21. The van der Waals surface area contributed by atoms with Gasteiger partial charge in [0.15, 0.2) is 0 Å². The van der Waals surface area contributed by atoms with Crippen LogP contribution in [0.2, 0.25) is 0 Å². The Kier molecular flexibility index (Phi) is 6.72. The van der Waals surface area contributed by atoms with Gasteiger partial charge in [-0.15, -0.1) is 0 Å². The van der Waals surface area contributed by atoms with Crippen molar-refractivity contribution < 1.29 is 19.4 Å². The molecule has 0 spiro atoms. The van der Waals surface area contributed by atoms with E-state index >= 15 is 0 Å². The molecule has 1 unspecified atom stereocenters. The van der Waals surface area contributed by atoms with E-state index in [-0.39, 0.29) is 5.92 Å². The molecule has 1 atom stereocenters. The number of rotatable bonds is 7. The van der Waals surface area contributed by atoms with E-state index in [9.17, 15) is 9.59 Å². The van der Waals surface area contributed by atoms with Gasteiger partial charge in [-0.1, -0.05) is 39.3 Å². The van der Waals surface area contributed by atoms with Crippen molar-refractivity contribution in [3.05, 3.63) is 29.8 Å². The first-order valence-corrected chi connectivity index (χ1v) is 7.22. The van der Waals surface area contributed by atoms with E-state index in [1.54, 1.807) is 12.1 Å². The van der Waals surface area contributed by atoms with Crippen molar-refractivity contribution in [1.82, 2.24) is 5.32 Å². The molecule has 1 aromatic carbocycles. The number of aryl methyl sites for hydroxylation is 1. The van der Waals surface area contributed by atoms with E-state index in [1.165, 1.54) is 5.56 Å². The number of carboxylic acid groups (broad SMARTS) is 1. The number of carbonyl (C=O) groups is 2. The second kappa shape index (κ2) is 8.29. The summed E-state index contributed by atoms with van der Waals surface area (Å²) < 4.78 is 5.10. The van der Waals surface area contributed by atoms with Crippen molar-refractivity contribution in [2.24, 2.45) is 5.92 Å². The summed E-state index contributed by atoms with van der Waals surface area (Å²) in [5.41, 5.74) is 1.17. The van der Waals surface area contributed by atoms with Gasteiger partial charge in [-0.25, -0.2) is 9.59 Å². The molecule has 0 saturated heterocycles. The van der Waals surface area contributed by atoms with Crippen LogP contribution in [-0.2, 0) is 11.2 Å². The number of aliphatic carboxylic acids is 1. The molecule has 5 heteroatoms. The van der Waals surface area contributed by atoms with Crippen LogP contribution in [0.15, 0.2) is 24.3 Å². The van der Waals surface area contributed by atoms with E-state index in [2.05, 4.69) is 12.2 Å². The van der Waals surface area contributed by atoms with Crippen molar-refractivity contribution in [1.29, 1.82) is 0 Å². The van der Waals surface area contributed by atoms with Gasteiger partial charge in [0.25, 0.3) is 0 Å². The zero-order chi connectivity index (χ0) is 15.8. The van der Waals surface area contributed by atoms with Crippen LogP contribution in [-0.4, -0.2) is 23.2 Å². The maximum absolute atomic E-state index is 11.7. The topological polar surface area (TPSA) is 75.6 Å². The summed E-state index contributed by atoms with van der Waals surface area (Å²) in [4.78, 5) is 22.8. The first kappa shape index (κ1) is 17.0. The van der Waals surface area contributed by atoms with Gasteiger partial charge in [-0.3, -0.25) is 0 Å². The number of ether oxygens (including phenoxy) is 1. The first-order valence-electron chi connectivity index (χ1n) is 7.22. The lowest BCUT2D eigenvalue weighted by molar-refractivity contribution is -0.139. The molecule has 0 heterocycles. The fourth-order valence-corrected chi connectivity index (χ4v) is 1.98. The molecule has 0 aliphatic carbocycles. The monoisotopic (exact) mass is 293 g/mol. The zero-order valence-corrected chi connectivity index (χ0v) is 12.8. The summed E-state index contributed by atoms with van der Waals surface area (Å²) >= 11 is 0. The van der Waals surface area contributed by atoms with Crippen molar-refractivity contribution in [2.75, 3.05) is 0 Å². The van der Waals surface area contributed by atoms with Crippen LogP contribution in [0.5, 0.6) is 5.75 Å². The van der Waals surface area contributed by atoms with E-state index in [4.69, 9.17) is 9.84 Å². The molecule has 0 bridgehead atoms. The maximum atomic E-state index is 11.7. The molecule has 0 radical (unpaired) electrons. The van der Waals surface area contributed by atoms with Gasteiger partial charge < -0.3 is 15.2 Å². The third kappa shape index (κ3) is 6.29. The molecule has 0 aliphatic rings. The molecular formula is C16H23NO4. The Morgan fingerprint density at radius 1 is 1.24 bits per heavy atom. The zero-order valence-electron chi connectivity index (χ0n) is 12.8. The highest BCUT2D eigenvalue weighted by Crippen LogP contribution is 2.14. The molecule has 0 aliphatic heterocycles. The third-order valence-electron chi connectivity index (χ3n) is 2.97. The molecule has 0 fully saturated rings. The van der Waals surface area contributed by atoms with E-state index in [0.29, 0.717) is 12.2 Å². The summed E-state index contributed by atoms with van der Waals surface area (Å²) in [6.45, 7) is 5.89. The third-order valence-corrected chi connectivity index (χ3v) is 2.97. The Morgan fingerprint density at radius 3 is 2.33 bits per heavy atom. The smallest absolute Gasteiger partial charge is 0.413 e. The Morgan fingerprint density at radius 2 is 1.86 bits per heavy atom. The number of benzene rings is 1. The molecule has 0 aromatic heterocycles. The number of hydrogen-bond acceptors (Lipinski definition) is 3. The van der Waals surface area contributed by atoms with Crippen LogP contribution in [0.1, 0.15) is 39.2 Å². The van der Waals surface area contributed by atoms with Crippen molar-refractivity contribution in [2.45, 2.75) is 46.1 Å². The minimum Gasteiger partial charge on any atom is -0.480 e. The van der Waals surface area contributed by atoms with Gasteiger partial charge in [0, 0.05) is 0 Å². The average Bonchev–Trinajstić information content (AvgIpc) is 2.40. The SMILES string of the molecule is CCCc1ccc(OC(=O)NC(CC(C)C)C(=O)O)cc1. The lowest BCUT2D eigenvalue weighted by Crippen LogP contribution is -2.43. The van der Waals surface area contributed by atoms with Crippen LogP contribution in [0.25, 0.3) is 0 Å². The summed E-state index contributed by atoms with van der Waals surface area (Å²) in [7, 11) is 0. The molecule has 1 amide bonds. The minimum absolute atomic E-state index is 0.166. The lowest BCUT2D eigenvalue weighted by Gasteiger charge is -2.16. The van der Waals surface area contributed by atoms with Gasteiger partial charge in [0.1, 0.15) is 11.8 Å². The summed E-state index contributed by atoms with van der Waals surface area (Å²) in [5, 5.41) is 11.4. The Balaban J connectivity index is 2.57. The predicted molar refractivity (Wildman–Crippen MR) is 80.5 cm³/mol. The van der Waals surface area contributed by atoms with Crippen LogP contribution in [0.4, 0.5) is 4.79 Å². The molecule has 21 heavy (non-hydrogen) atoms. The molecule has 2 N–H and O–H groups in total. The average molecular weight is 293 g/mol. The summed E-state index contributed by atoms with van der Waals surface area (Å²) in [6.07, 6.45) is 1.64. The molecule has 5 nitrogen and oxygen atoms in total. The van der Waals surface area contributed by atoms with Crippen LogP contribution in [0.3, 0.4) is 0 Å². The number of carbonyl (C=O) groups excluding carboxylic acids is 1. The van der Waals surface area contributed by atoms with Gasteiger partial charge in [-0.2, -0.15) is 0 Å². The fourth-order valence-electron chi connectivity index (χ4n) is 1.98. The highest BCUT2D eigenvalue weighted by atomic mass is 16.6. The quantitative estimate of drug-likeness (QED) is 0.809. The Bertz CT molecular complexity index is 468. The van der Waals surface area contributed by atoms with E-state index < -0.39 is 18.1 Å². The van der Waals surface area contributed by atoms with Crippen LogP contribution in [0, 0.1) is 5.92 Å². The minimum atomic E-state index is -1.06. The van der Waals surface area contributed by atoms with Gasteiger partial charge in [-0.05, 0) is 36.5 Å². The van der Waals surface area contributed by atoms with Crippen molar-refractivity contribution in [3.63, 3.8) is 0 Å². The normalized spacial score (nSPS) is 12.0. The van der Waals surface area contributed by atoms with Gasteiger partial charge in [0.05, 0.1) is 0 Å². The van der Waals surface area contributed by atoms with E-state index in [1.807, 2.05) is 26.0 Å². The molecule has 1 rings (SSSR count). The predicted octanol–water partition coefficient (Wildman–Crippen LogP) is 3.23. The standard InChI is InChI=1S/C16H23NO4/c1-4-5-12-6-8-13(9-7-12)21-16(20)17-14(15(18)19)10-11(2)3/h6-9,11,14H,4-5,10H2,1-3H3,(H,17,20)(H,18,19).